The smallest absolute Gasteiger partial charge is 0.343 e. The lowest BCUT2D eigenvalue weighted by Gasteiger charge is -2.09. The number of nitrogens with one attached hydrogen (secondary N) is 2. The number of hydrogen-bond acceptors (Lipinski definition) is 6. The number of nitrogens with zero attached hydrogens (tertiary/aromatic N) is 1. The van der Waals surface area contributed by atoms with Gasteiger partial charge in [-0.05, 0) is 97.4 Å². The molecule has 38 heavy (non-hydrogen) atoms. The first-order chi connectivity index (χ1) is 18.2. The molecule has 0 saturated carbocycles. The van der Waals surface area contributed by atoms with Gasteiger partial charge in [-0.3, -0.25) is 9.52 Å². The third kappa shape index (κ3) is 7.06. The average Bonchev–Trinajstić information content (AvgIpc) is 2.90. The van der Waals surface area contributed by atoms with Crippen molar-refractivity contribution < 1.29 is 22.7 Å². The number of halogens is 1. The van der Waals surface area contributed by atoms with Gasteiger partial charge in [0.1, 0.15) is 5.75 Å². The van der Waals surface area contributed by atoms with Crippen molar-refractivity contribution in [2.24, 2.45) is 5.10 Å². The van der Waals surface area contributed by atoms with Crippen LogP contribution >= 0.6 is 11.6 Å². The molecule has 8 nitrogen and oxygen atoms in total. The molecule has 4 rings (SSSR count). The molecule has 4 aromatic rings. The summed E-state index contributed by atoms with van der Waals surface area (Å²) in [6.07, 6.45) is 1.44. The first-order valence-corrected chi connectivity index (χ1v) is 13.2. The zero-order valence-corrected chi connectivity index (χ0v) is 21.7. The van der Waals surface area contributed by atoms with Gasteiger partial charge in [-0.1, -0.05) is 29.3 Å². The second-order valence-electron chi connectivity index (χ2n) is 8.16. The number of esters is 1. The molecule has 192 valence electrons. The van der Waals surface area contributed by atoms with Crippen LogP contribution in [-0.4, -0.2) is 26.5 Å². The van der Waals surface area contributed by atoms with E-state index in [4.69, 9.17) is 16.3 Å². The standard InChI is InChI=1S/C28H22ClN3O5S/c1-19-3-2-4-22(17-19)28(34)37-25-13-5-20(6-14-25)18-30-31-27(33)21-7-11-24(12-8-21)32-38(35,36)26-15-9-23(29)10-16-26/h2-18,32H,1H3,(H,31,33)/b30-18-. The molecule has 0 aromatic heterocycles. The molecule has 1 amide bonds. The molecule has 0 bridgehead atoms. The second-order valence-corrected chi connectivity index (χ2v) is 10.3. The summed E-state index contributed by atoms with van der Waals surface area (Å²) < 4.78 is 32.8. The van der Waals surface area contributed by atoms with Gasteiger partial charge in [-0.2, -0.15) is 5.10 Å². The predicted octanol–water partition coefficient (Wildman–Crippen LogP) is 5.43. The molecule has 0 atom stereocenters. The van der Waals surface area contributed by atoms with Crippen LogP contribution < -0.4 is 14.9 Å². The first-order valence-electron chi connectivity index (χ1n) is 11.3. The lowest BCUT2D eigenvalue weighted by atomic mass is 10.1. The molecular formula is C28H22ClN3O5S. The van der Waals surface area contributed by atoms with E-state index in [1.807, 2.05) is 13.0 Å². The Labute approximate surface area is 225 Å². The molecule has 0 saturated heterocycles. The van der Waals surface area contributed by atoms with Gasteiger partial charge in [-0.25, -0.2) is 18.6 Å². The highest BCUT2D eigenvalue weighted by molar-refractivity contribution is 7.92. The molecule has 2 N–H and O–H groups in total. The van der Waals surface area contributed by atoms with Gasteiger partial charge in [0.15, 0.2) is 0 Å². The monoisotopic (exact) mass is 547 g/mol. The van der Waals surface area contributed by atoms with Crippen molar-refractivity contribution >= 4 is 45.4 Å². The predicted molar refractivity (Wildman–Crippen MR) is 146 cm³/mol. The average molecular weight is 548 g/mol. The quantitative estimate of drug-likeness (QED) is 0.132. The van der Waals surface area contributed by atoms with Crippen LogP contribution in [0.3, 0.4) is 0 Å². The molecule has 0 spiro atoms. The summed E-state index contributed by atoms with van der Waals surface area (Å²) in [5, 5.41) is 4.37. The normalized spacial score (nSPS) is 11.2. The maximum Gasteiger partial charge on any atom is 0.343 e. The fourth-order valence-electron chi connectivity index (χ4n) is 3.31. The van der Waals surface area contributed by atoms with Gasteiger partial charge in [0.25, 0.3) is 15.9 Å². The van der Waals surface area contributed by atoms with Crippen molar-refractivity contribution in [3.05, 3.63) is 124 Å². The van der Waals surface area contributed by atoms with Crippen LogP contribution in [0.4, 0.5) is 5.69 Å². The van der Waals surface area contributed by atoms with Gasteiger partial charge in [-0.15, -0.1) is 0 Å². The molecule has 0 aliphatic heterocycles. The Morgan fingerprint density at radius 1 is 0.868 bits per heavy atom. The number of rotatable bonds is 8. The molecule has 10 heteroatoms. The fourth-order valence-corrected chi connectivity index (χ4v) is 4.49. The number of sulfonamides is 1. The number of hydrazone groups is 1. The zero-order chi connectivity index (χ0) is 27.1. The van der Waals surface area contributed by atoms with Crippen molar-refractivity contribution in [3.63, 3.8) is 0 Å². The third-order valence-corrected chi connectivity index (χ3v) is 6.90. The van der Waals surface area contributed by atoms with Crippen LogP contribution in [0.2, 0.25) is 5.02 Å². The number of hydrogen-bond donors (Lipinski definition) is 2. The lowest BCUT2D eigenvalue weighted by molar-refractivity contribution is 0.0734. The highest BCUT2D eigenvalue weighted by Crippen LogP contribution is 2.19. The molecule has 0 aliphatic rings. The SMILES string of the molecule is Cc1cccc(C(=O)Oc2ccc(/C=N\NC(=O)c3ccc(NS(=O)(=O)c4ccc(Cl)cc4)cc3)cc2)c1. The van der Waals surface area contributed by atoms with Gasteiger partial charge in [0, 0.05) is 16.3 Å². The molecule has 0 unspecified atom stereocenters. The van der Waals surface area contributed by atoms with E-state index in [0.717, 1.165) is 5.56 Å². The van der Waals surface area contributed by atoms with Crippen LogP contribution in [-0.2, 0) is 10.0 Å². The summed E-state index contributed by atoms with van der Waals surface area (Å²) in [6.45, 7) is 1.90. The number of carbonyl (C=O) groups excluding carboxylic acids is 2. The summed E-state index contributed by atoms with van der Waals surface area (Å²) in [5.41, 5.74) is 5.09. The molecular weight excluding hydrogens is 526 g/mol. The Kier molecular flexibility index (Phi) is 8.20. The van der Waals surface area contributed by atoms with Gasteiger partial charge in [0.2, 0.25) is 0 Å². The Hall–Kier alpha value is -4.47. The Morgan fingerprint density at radius 3 is 2.21 bits per heavy atom. The number of benzene rings is 4. The van der Waals surface area contributed by atoms with Gasteiger partial charge in [0.05, 0.1) is 16.7 Å². The minimum Gasteiger partial charge on any atom is -0.423 e. The minimum atomic E-state index is -3.79. The summed E-state index contributed by atoms with van der Waals surface area (Å²) in [6, 6.07) is 25.4. The number of aryl methyl sites for hydroxylation is 1. The Bertz CT molecular complexity index is 1590. The van der Waals surface area contributed by atoms with E-state index in [0.29, 0.717) is 27.6 Å². The highest BCUT2D eigenvalue weighted by Gasteiger charge is 2.14. The third-order valence-electron chi connectivity index (χ3n) is 5.25. The van der Waals surface area contributed by atoms with Crippen molar-refractivity contribution in [2.75, 3.05) is 4.72 Å². The van der Waals surface area contributed by atoms with Crippen LogP contribution in [0.5, 0.6) is 5.75 Å². The number of amides is 1. The molecule has 0 heterocycles. The van der Waals surface area contributed by atoms with Crippen LogP contribution in [0, 0.1) is 6.92 Å². The first kappa shape index (κ1) is 26.6. The number of ether oxygens (including phenoxy) is 1. The zero-order valence-electron chi connectivity index (χ0n) is 20.1. The largest absolute Gasteiger partial charge is 0.423 e. The summed E-state index contributed by atoms with van der Waals surface area (Å²) in [4.78, 5) is 24.7. The summed E-state index contributed by atoms with van der Waals surface area (Å²) in [5.74, 6) is -0.548. The lowest BCUT2D eigenvalue weighted by Crippen LogP contribution is -2.18. The van der Waals surface area contributed by atoms with E-state index >= 15 is 0 Å². The summed E-state index contributed by atoms with van der Waals surface area (Å²) in [7, 11) is -3.79. The van der Waals surface area contributed by atoms with Crippen LogP contribution in [0.1, 0.15) is 31.8 Å². The Balaban J connectivity index is 1.30. The van der Waals surface area contributed by atoms with Crippen molar-refractivity contribution in [2.45, 2.75) is 11.8 Å². The topological polar surface area (TPSA) is 114 Å². The van der Waals surface area contributed by atoms with E-state index in [1.54, 1.807) is 42.5 Å². The van der Waals surface area contributed by atoms with E-state index in [1.165, 1.54) is 54.7 Å². The van der Waals surface area contributed by atoms with E-state index < -0.39 is 21.9 Å². The molecule has 0 fully saturated rings. The van der Waals surface area contributed by atoms with Crippen molar-refractivity contribution in [1.82, 2.24) is 5.43 Å². The second kappa shape index (κ2) is 11.7. The number of carbonyl (C=O) groups is 2. The fraction of sp³-hybridized carbons (Fsp3) is 0.0357. The van der Waals surface area contributed by atoms with Gasteiger partial charge < -0.3 is 4.74 Å². The van der Waals surface area contributed by atoms with Gasteiger partial charge >= 0.3 is 5.97 Å². The van der Waals surface area contributed by atoms with Crippen LogP contribution in [0.15, 0.2) is 107 Å². The molecule has 4 aromatic carbocycles. The highest BCUT2D eigenvalue weighted by atomic mass is 35.5. The molecule has 0 radical (unpaired) electrons. The molecule has 0 aliphatic carbocycles. The number of anilines is 1. The van der Waals surface area contributed by atoms with Crippen molar-refractivity contribution in [3.8, 4) is 5.75 Å². The van der Waals surface area contributed by atoms with Crippen molar-refractivity contribution in [1.29, 1.82) is 0 Å². The summed E-state index contributed by atoms with van der Waals surface area (Å²) >= 11 is 5.81. The van der Waals surface area contributed by atoms with E-state index in [2.05, 4.69) is 15.2 Å². The van der Waals surface area contributed by atoms with E-state index in [-0.39, 0.29) is 10.5 Å². The minimum absolute atomic E-state index is 0.0653. The van der Waals surface area contributed by atoms with E-state index in [9.17, 15) is 18.0 Å². The Morgan fingerprint density at radius 2 is 1.55 bits per heavy atom. The maximum absolute atomic E-state index is 12.5. The maximum atomic E-state index is 12.5. The van der Waals surface area contributed by atoms with Crippen LogP contribution in [0.25, 0.3) is 0 Å².